The Balaban J connectivity index is 1.71. The van der Waals surface area contributed by atoms with Crippen molar-refractivity contribution in [2.24, 2.45) is 0 Å². The van der Waals surface area contributed by atoms with Crippen LogP contribution in [0.1, 0.15) is 12.6 Å². The first kappa shape index (κ1) is 18.7. The Labute approximate surface area is 165 Å². The van der Waals surface area contributed by atoms with Gasteiger partial charge in [0.25, 0.3) is 0 Å². The van der Waals surface area contributed by atoms with Gasteiger partial charge in [0.1, 0.15) is 10.8 Å². The Morgan fingerprint density at radius 1 is 1.19 bits per heavy atom. The largest absolute Gasteiger partial charge is 0.493 e. The summed E-state index contributed by atoms with van der Waals surface area (Å²) in [7, 11) is 0. The minimum atomic E-state index is -0.182. The van der Waals surface area contributed by atoms with E-state index in [2.05, 4.69) is 10.3 Å². The summed E-state index contributed by atoms with van der Waals surface area (Å²) in [5.41, 5.74) is 2.18. The van der Waals surface area contributed by atoms with E-state index in [1.54, 1.807) is 18.2 Å². The van der Waals surface area contributed by atoms with Gasteiger partial charge in [0.2, 0.25) is 5.91 Å². The maximum atomic E-state index is 12.3. The van der Waals surface area contributed by atoms with Crippen molar-refractivity contribution in [1.82, 2.24) is 4.98 Å². The Morgan fingerprint density at radius 3 is 2.65 bits per heavy atom. The molecule has 7 heteroatoms. The molecule has 0 aliphatic carbocycles. The fourth-order valence-electron chi connectivity index (χ4n) is 2.43. The number of rotatable bonds is 6. The highest BCUT2D eigenvalue weighted by molar-refractivity contribution is 7.13. The molecule has 0 fully saturated rings. The SMILES string of the molecule is CCOc1ccccc1-c1nc(CC(=O)Nc2cc(Cl)cc(Cl)c2)cs1. The number of hydrogen-bond donors (Lipinski definition) is 1. The number of thiazole rings is 1. The standard InChI is InChI=1S/C19H16Cl2N2O2S/c1-2-25-17-6-4-3-5-16(17)19-23-15(11-26-19)10-18(24)22-14-8-12(20)7-13(21)9-14/h3-9,11H,2,10H2,1H3,(H,22,24). The summed E-state index contributed by atoms with van der Waals surface area (Å²) >= 11 is 13.4. The number of nitrogens with one attached hydrogen (secondary N) is 1. The molecule has 0 saturated carbocycles. The zero-order chi connectivity index (χ0) is 18.5. The number of aromatic nitrogens is 1. The molecule has 3 rings (SSSR count). The van der Waals surface area contributed by atoms with Crippen LogP contribution >= 0.6 is 34.5 Å². The number of carbonyl (C=O) groups is 1. The number of ether oxygens (including phenoxy) is 1. The third-order valence-corrected chi connectivity index (χ3v) is 4.82. The molecular weight excluding hydrogens is 391 g/mol. The monoisotopic (exact) mass is 406 g/mol. The number of nitrogens with zero attached hydrogens (tertiary/aromatic N) is 1. The van der Waals surface area contributed by atoms with Gasteiger partial charge in [0.05, 0.1) is 24.3 Å². The average molecular weight is 407 g/mol. The van der Waals surface area contributed by atoms with Gasteiger partial charge in [-0.05, 0) is 37.3 Å². The van der Waals surface area contributed by atoms with E-state index in [4.69, 9.17) is 27.9 Å². The van der Waals surface area contributed by atoms with Crippen molar-refractivity contribution < 1.29 is 9.53 Å². The molecule has 0 aliphatic heterocycles. The summed E-state index contributed by atoms with van der Waals surface area (Å²) in [5.74, 6) is 0.604. The Kier molecular flexibility index (Phi) is 6.14. The maximum absolute atomic E-state index is 12.3. The number of carbonyl (C=O) groups excluding carboxylic acids is 1. The topological polar surface area (TPSA) is 51.2 Å². The van der Waals surface area contributed by atoms with Gasteiger partial charge in [-0.2, -0.15) is 0 Å². The summed E-state index contributed by atoms with van der Waals surface area (Å²) in [5, 5.41) is 6.42. The normalized spacial score (nSPS) is 10.6. The molecule has 2 aromatic carbocycles. The molecule has 3 aromatic rings. The molecule has 0 radical (unpaired) electrons. The van der Waals surface area contributed by atoms with Crippen LogP contribution in [-0.4, -0.2) is 17.5 Å². The van der Waals surface area contributed by atoms with E-state index < -0.39 is 0 Å². The molecule has 134 valence electrons. The van der Waals surface area contributed by atoms with Crippen molar-refractivity contribution in [3.63, 3.8) is 0 Å². The van der Waals surface area contributed by atoms with E-state index in [-0.39, 0.29) is 12.3 Å². The van der Waals surface area contributed by atoms with Crippen molar-refractivity contribution in [3.8, 4) is 16.3 Å². The predicted molar refractivity (Wildman–Crippen MR) is 108 cm³/mol. The molecule has 0 atom stereocenters. The summed E-state index contributed by atoms with van der Waals surface area (Å²) < 4.78 is 5.65. The molecule has 26 heavy (non-hydrogen) atoms. The van der Waals surface area contributed by atoms with Gasteiger partial charge in [0, 0.05) is 21.1 Å². The lowest BCUT2D eigenvalue weighted by molar-refractivity contribution is -0.115. The second-order valence-electron chi connectivity index (χ2n) is 5.46. The third-order valence-electron chi connectivity index (χ3n) is 3.46. The molecule has 1 aromatic heterocycles. The third kappa shape index (κ3) is 4.75. The minimum absolute atomic E-state index is 0.164. The lowest BCUT2D eigenvalue weighted by atomic mass is 10.2. The smallest absolute Gasteiger partial charge is 0.230 e. The number of para-hydroxylation sites is 1. The first-order chi connectivity index (χ1) is 12.5. The van der Waals surface area contributed by atoms with Crippen molar-refractivity contribution in [1.29, 1.82) is 0 Å². The number of benzene rings is 2. The van der Waals surface area contributed by atoms with Crippen LogP contribution in [-0.2, 0) is 11.2 Å². The van der Waals surface area contributed by atoms with Crippen molar-refractivity contribution in [2.45, 2.75) is 13.3 Å². The molecular formula is C19H16Cl2N2O2S. The van der Waals surface area contributed by atoms with Crippen LogP contribution in [0.5, 0.6) is 5.75 Å². The molecule has 0 bridgehead atoms. The number of anilines is 1. The van der Waals surface area contributed by atoms with E-state index >= 15 is 0 Å². The highest BCUT2D eigenvalue weighted by Crippen LogP contribution is 2.32. The summed E-state index contributed by atoms with van der Waals surface area (Å²) in [4.78, 5) is 16.8. The summed E-state index contributed by atoms with van der Waals surface area (Å²) in [6.45, 7) is 2.52. The zero-order valence-corrected chi connectivity index (χ0v) is 16.3. The molecule has 4 nitrogen and oxygen atoms in total. The predicted octanol–water partition coefficient (Wildman–Crippen LogP) is 5.70. The van der Waals surface area contributed by atoms with Gasteiger partial charge in [-0.25, -0.2) is 4.98 Å². The molecule has 0 spiro atoms. The van der Waals surface area contributed by atoms with Crippen LogP contribution in [0.4, 0.5) is 5.69 Å². The molecule has 1 heterocycles. The van der Waals surface area contributed by atoms with Gasteiger partial charge in [-0.15, -0.1) is 11.3 Å². The molecule has 0 unspecified atom stereocenters. The van der Waals surface area contributed by atoms with Crippen LogP contribution in [0.15, 0.2) is 47.8 Å². The van der Waals surface area contributed by atoms with E-state index in [9.17, 15) is 4.79 Å². The van der Waals surface area contributed by atoms with Crippen LogP contribution in [0.25, 0.3) is 10.6 Å². The van der Waals surface area contributed by atoms with Crippen LogP contribution in [0, 0.1) is 0 Å². The maximum Gasteiger partial charge on any atom is 0.230 e. The second kappa shape index (κ2) is 8.54. The van der Waals surface area contributed by atoms with Gasteiger partial charge in [-0.3, -0.25) is 4.79 Å². The van der Waals surface area contributed by atoms with E-state index in [1.807, 2.05) is 36.6 Å². The van der Waals surface area contributed by atoms with E-state index in [0.29, 0.717) is 28.0 Å². The number of amides is 1. The Morgan fingerprint density at radius 2 is 1.92 bits per heavy atom. The van der Waals surface area contributed by atoms with Crippen LogP contribution < -0.4 is 10.1 Å². The summed E-state index contributed by atoms with van der Waals surface area (Å²) in [6, 6.07) is 12.6. The van der Waals surface area contributed by atoms with Gasteiger partial charge >= 0.3 is 0 Å². The summed E-state index contributed by atoms with van der Waals surface area (Å²) in [6.07, 6.45) is 0.164. The van der Waals surface area contributed by atoms with Crippen molar-refractivity contribution in [3.05, 3.63) is 63.6 Å². The molecule has 0 aliphatic rings. The quantitative estimate of drug-likeness (QED) is 0.571. The fraction of sp³-hybridized carbons (Fsp3) is 0.158. The number of hydrogen-bond acceptors (Lipinski definition) is 4. The lowest BCUT2D eigenvalue weighted by Crippen LogP contribution is -2.14. The Bertz CT molecular complexity index is 907. The van der Waals surface area contributed by atoms with E-state index in [0.717, 1.165) is 16.3 Å². The second-order valence-corrected chi connectivity index (χ2v) is 7.19. The minimum Gasteiger partial charge on any atom is -0.493 e. The van der Waals surface area contributed by atoms with Crippen LogP contribution in [0.2, 0.25) is 10.0 Å². The molecule has 1 N–H and O–H groups in total. The average Bonchev–Trinajstić information content (AvgIpc) is 3.02. The molecule has 0 saturated heterocycles. The van der Waals surface area contributed by atoms with Gasteiger partial charge < -0.3 is 10.1 Å². The molecule has 1 amide bonds. The number of halogens is 2. The van der Waals surface area contributed by atoms with Gasteiger partial charge in [-0.1, -0.05) is 35.3 Å². The van der Waals surface area contributed by atoms with Crippen LogP contribution in [0.3, 0.4) is 0 Å². The highest BCUT2D eigenvalue weighted by atomic mass is 35.5. The fourth-order valence-corrected chi connectivity index (χ4v) is 3.81. The van der Waals surface area contributed by atoms with E-state index in [1.165, 1.54) is 11.3 Å². The Hall–Kier alpha value is -2.08. The first-order valence-corrected chi connectivity index (χ1v) is 9.61. The lowest BCUT2D eigenvalue weighted by Gasteiger charge is -2.07. The van der Waals surface area contributed by atoms with Gasteiger partial charge in [0.15, 0.2) is 0 Å². The zero-order valence-electron chi connectivity index (χ0n) is 14.0. The van der Waals surface area contributed by atoms with Crippen molar-refractivity contribution in [2.75, 3.05) is 11.9 Å². The highest BCUT2D eigenvalue weighted by Gasteiger charge is 2.13. The first-order valence-electron chi connectivity index (χ1n) is 7.97. The van der Waals surface area contributed by atoms with Crippen molar-refractivity contribution >= 4 is 46.1 Å².